The Kier molecular flexibility index (Phi) is 5.01. The Morgan fingerprint density at radius 1 is 1.50 bits per heavy atom. The predicted molar refractivity (Wildman–Crippen MR) is 69.1 cm³/mol. The summed E-state index contributed by atoms with van der Waals surface area (Å²) in [6.45, 7) is 1.33. The summed E-state index contributed by atoms with van der Waals surface area (Å²) >= 11 is 1.21. The van der Waals surface area contributed by atoms with Gasteiger partial charge in [-0.15, -0.1) is 11.8 Å². The maximum atomic E-state index is 13.3. The SMILES string of the molecule is O=C(CSc1ccccc1F)NC[C@H]1CCCO1. The fourth-order valence-electron chi connectivity index (χ4n) is 1.79. The highest BCUT2D eigenvalue weighted by Crippen LogP contribution is 2.20. The summed E-state index contributed by atoms with van der Waals surface area (Å²) in [5, 5.41) is 2.81. The van der Waals surface area contributed by atoms with Gasteiger partial charge in [0, 0.05) is 18.0 Å². The van der Waals surface area contributed by atoms with E-state index in [9.17, 15) is 9.18 Å². The molecule has 0 bridgehead atoms. The quantitative estimate of drug-likeness (QED) is 0.833. The number of hydrogen-bond acceptors (Lipinski definition) is 3. The van der Waals surface area contributed by atoms with Crippen LogP contribution in [0.5, 0.6) is 0 Å². The number of thioether (sulfide) groups is 1. The van der Waals surface area contributed by atoms with E-state index in [1.807, 2.05) is 0 Å². The Bertz CT molecular complexity index is 408. The third-order valence-corrected chi connectivity index (χ3v) is 3.79. The van der Waals surface area contributed by atoms with Crippen molar-refractivity contribution in [1.29, 1.82) is 0 Å². The van der Waals surface area contributed by atoms with Crippen molar-refractivity contribution in [3.63, 3.8) is 0 Å². The number of benzene rings is 1. The number of amides is 1. The molecule has 0 saturated carbocycles. The van der Waals surface area contributed by atoms with Gasteiger partial charge in [-0.05, 0) is 25.0 Å². The number of ether oxygens (including phenoxy) is 1. The zero-order chi connectivity index (χ0) is 12.8. The van der Waals surface area contributed by atoms with Gasteiger partial charge in [-0.1, -0.05) is 12.1 Å². The molecule has 5 heteroatoms. The highest BCUT2D eigenvalue weighted by atomic mass is 32.2. The second-order valence-corrected chi connectivity index (χ2v) is 5.18. The molecule has 1 aromatic carbocycles. The van der Waals surface area contributed by atoms with Crippen molar-refractivity contribution in [1.82, 2.24) is 5.32 Å². The molecule has 1 fully saturated rings. The van der Waals surface area contributed by atoms with E-state index >= 15 is 0 Å². The fourth-order valence-corrected chi connectivity index (χ4v) is 2.56. The molecular weight excluding hydrogens is 253 g/mol. The van der Waals surface area contributed by atoms with E-state index in [4.69, 9.17) is 4.74 Å². The van der Waals surface area contributed by atoms with Gasteiger partial charge in [0.1, 0.15) is 5.82 Å². The lowest BCUT2D eigenvalue weighted by Gasteiger charge is -2.10. The molecule has 1 aromatic rings. The average Bonchev–Trinajstić information content (AvgIpc) is 2.88. The van der Waals surface area contributed by atoms with Gasteiger partial charge in [0.2, 0.25) is 5.91 Å². The fraction of sp³-hybridized carbons (Fsp3) is 0.462. The highest BCUT2D eigenvalue weighted by molar-refractivity contribution is 8.00. The van der Waals surface area contributed by atoms with Crippen LogP contribution < -0.4 is 5.32 Å². The normalized spacial score (nSPS) is 18.8. The minimum absolute atomic E-state index is 0.0845. The molecule has 18 heavy (non-hydrogen) atoms. The molecule has 1 aliphatic rings. The Labute approximate surface area is 110 Å². The number of halogens is 1. The predicted octanol–water partition coefficient (Wildman–Crippen LogP) is 2.21. The van der Waals surface area contributed by atoms with Crippen LogP contribution in [0.4, 0.5) is 4.39 Å². The third kappa shape index (κ3) is 3.99. The molecule has 3 nitrogen and oxygen atoms in total. The van der Waals surface area contributed by atoms with Gasteiger partial charge in [0.05, 0.1) is 11.9 Å². The molecule has 1 N–H and O–H groups in total. The zero-order valence-electron chi connectivity index (χ0n) is 10.0. The molecule has 1 aliphatic heterocycles. The molecule has 1 saturated heterocycles. The first kappa shape index (κ1) is 13.4. The average molecular weight is 269 g/mol. The summed E-state index contributed by atoms with van der Waals surface area (Å²) in [7, 11) is 0. The molecule has 0 unspecified atom stereocenters. The molecular formula is C13H16FNO2S. The Morgan fingerprint density at radius 2 is 2.33 bits per heavy atom. The summed E-state index contributed by atoms with van der Waals surface area (Å²) in [4.78, 5) is 12.1. The molecule has 1 amide bonds. The van der Waals surface area contributed by atoms with Crippen LogP contribution in [0.1, 0.15) is 12.8 Å². The lowest BCUT2D eigenvalue weighted by Crippen LogP contribution is -2.32. The summed E-state index contributed by atoms with van der Waals surface area (Å²) in [6, 6.07) is 6.46. The number of hydrogen-bond donors (Lipinski definition) is 1. The van der Waals surface area contributed by atoms with E-state index in [-0.39, 0.29) is 23.6 Å². The molecule has 2 rings (SSSR count). The summed E-state index contributed by atoms with van der Waals surface area (Å²) < 4.78 is 18.7. The largest absolute Gasteiger partial charge is 0.376 e. The maximum absolute atomic E-state index is 13.3. The first-order valence-electron chi connectivity index (χ1n) is 6.01. The van der Waals surface area contributed by atoms with Crippen molar-refractivity contribution in [3.05, 3.63) is 30.1 Å². The third-order valence-electron chi connectivity index (χ3n) is 2.75. The maximum Gasteiger partial charge on any atom is 0.230 e. The van der Waals surface area contributed by atoms with Crippen molar-refractivity contribution in [3.8, 4) is 0 Å². The van der Waals surface area contributed by atoms with Crippen molar-refractivity contribution in [2.45, 2.75) is 23.8 Å². The smallest absolute Gasteiger partial charge is 0.230 e. The zero-order valence-corrected chi connectivity index (χ0v) is 10.8. The number of rotatable bonds is 5. The van der Waals surface area contributed by atoms with Gasteiger partial charge in [0.15, 0.2) is 0 Å². The minimum Gasteiger partial charge on any atom is -0.376 e. The van der Waals surface area contributed by atoms with Crippen molar-refractivity contribution in [2.75, 3.05) is 18.9 Å². The standard InChI is InChI=1S/C13H16FNO2S/c14-11-5-1-2-6-12(11)18-9-13(16)15-8-10-4-3-7-17-10/h1-2,5-6,10H,3-4,7-9H2,(H,15,16)/t10-/m1/s1. The summed E-state index contributed by atoms with van der Waals surface area (Å²) in [6.07, 6.45) is 2.21. The monoisotopic (exact) mass is 269 g/mol. The number of carbonyl (C=O) groups is 1. The van der Waals surface area contributed by atoms with Crippen LogP contribution in [-0.2, 0) is 9.53 Å². The lowest BCUT2D eigenvalue weighted by molar-refractivity contribution is -0.119. The van der Waals surface area contributed by atoms with Gasteiger partial charge < -0.3 is 10.1 Å². The number of carbonyl (C=O) groups excluding carboxylic acids is 1. The van der Waals surface area contributed by atoms with Crippen molar-refractivity contribution >= 4 is 17.7 Å². The summed E-state index contributed by atoms with van der Waals surface area (Å²) in [5.41, 5.74) is 0. The van der Waals surface area contributed by atoms with Crippen LogP contribution in [-0.4, -0.2) is 30.9 Å². The van der Waals surface area contributed by atoms with Crippen LogP contribution >= 0.6 is 11.8 Å². The van der Waals surface area contributed by atoms with Crippen LogP contribution in [0.2, 0.25) is 0 Å². The van der Waals surface area contributed by atoms with Crippen LogP contribution in [0.25, 0.3) is 0 Å². The first-order valence-corrected chi connectivity index (χ1v) is 7.00. The van der Waals surface area contributed by atoms with E-state index in [0.717, 1.165) is 19.4 Å². The van der Waals surface area contributed by atoms with E-state index in [2.05, 4.69) is 5.32 Å². The molecule has 0 radical (unpaired) electrons. The lowest BCUT2D eigenvalue weighted by atomic mass is 10.2. The Hall–Kier alpha value is -1.07. The molecule has 1 heterocycles. The van der Waals surface area contributed by atoms with Crippen LogP contribution in [0.15, 0.2) is 29.2 Å². The molecule has 0 aliphatic carbocycles. The topological polar surface area (TPSA) is 38.3 Å². The van der Waals surface area contributed by atoms with E-state index in [0.29, 0.717) is 11.4 Å². The highest BCUT2D eigenvalue weighted by Gasteiger charge is 2.16. The Morgan fingerprint density at radius 3 is 3.06 bits per heavy atom. The van der Waals surface area contributed by atoms with Gasteiger partial charge in [-0.3, -0.25) is 4.79 Å². The van der Waals surface area contributed by atoms with Crippen LogP contribution in [0, 0.1) is 5.82 Å². The molecule has 1 atom stereocenters. The van der Waals surface area contributed by atoms with Gasteiger partial charge in [0.25, 0.3) is 0 Å². The van der Waals surface area contributed by atoms with E-state index in [1.165, 1.54) is 17.8 Å². The van der Waals surface area contributed by atoms with E-state index < -0.39 is 0 Å². The molecule has 0 spiro atoms. The van der Waals surface area contributed by atoms with Crippen molar-refractivity contribution in [2.24, 2.45) is 0 Å². The van der Waals surface area contributed by atoms with Gasteiger partial charge in [-0.2, -0.15) is 0 Å². The van der Waals surface area contributed by atoms with Crippen molar-refractivity contribution < 1.29 is 13.9 Å². The minimum atomic E-state index is -0.283. The Balaban J connectivity index is 1.69. The summed E-state index contributed by atoms with van der Waals surface area (Å²) in [5.74, 6) is -0.138. The van der Waals surface area contributed by atoms with Gasteiger partial charge >= 0.3 is 0 Å². The van der Waals surface area contributed by atoms with Crippen LogP contribution in [0.3, 0.4) is 0 Å². The second-order valence-electron chi connectivity index (χ2n) is 4.16. The first-order chi connectivity index (χ1) is 8.75. The van der Waals surface area contributed by atoms with Gasteiger partial charge in [-0.25, -0.2) is 4.39 Å². The second kappa shape index (κ2) is 6.75. The molecule has 98 valence electrons. The molecule has 0 aromatic heterocycles. The number of nitrogens with one attached hydrogen (secondary N) is 1. The van der Waals surface area contributed by atoms with E-state index in [1.54, 1.807) is 18.2 Å².